The van der Waals surface area contributed by atoms with Crippen LogP contribution in [0.3, 0.4) is 0 Å². The normalized spacial score (nSPS) is 14.0. The van der Waals surface area contributed by atoms with Gasteiger partial charge in [0.25, 0.3) is 0 Å². The second kappa shape index (κ2) is 9.78. The SMILES string of the molecule is CCCc1ccccc1SP(O)(=S)OCCNC(=O)OC(C)(C)C. The number of hydrogen-bond donors (Lipinski definition) is 2. The summed E-state index contributed by atoms with van der Waals surface area (Å²) in [7, 11) is 0. The molecule has 0 aliphatic heterocycles. The molecular weight excluding hydrogens is 365 g/mol. The standard InChI is InChI=1S/C16H26NO4PS2/c1-5-8-13-9-6-7-10-14(13)24-22(19,23)20-12-11-17-15(18)21-16(2,3)4/h6-7,9-10H,5,8,11-12H2,1-4H3,(H,17,18)(H,19,23). The van der Waals surface area contributed by atoms with Crippen LogP contribution in [0.15, 0.2) is 29.2 Å². The molecule has 136 valence electrons. The molecule has 8 heteroatoms. The van der Waals surface area contributed by atoms with Gasteiger partial charge >= 0.3 is 6.09 Å². The molecule has 0 saturated carbocycles. The van der Waals surface area contributed by atoms with Crippen molar-refractivity contribution in [3.05, 3.63) is 29.8 Å². The van der Waals surface area contributed by atoms with Crippen molar-refractivity contribution in [3.8, 4) is 0 Å². The Kier molecular flexibility index (Phi) is 8.74. The highest BCUT2D eigenvalue weighted by atomic mass is 32.9. The highest BCUT2D eigenvalue weighted by Crippen LogP contribution is 2.60. The second-order valence-corrected chi connectivity index (χ2v) is 12.2. The van der Waals surface area contributed by atoms with Gasteiger partial charge in [0.2, 0.25) is 5.69 Å². The molecule has 0 saturated heterocycles. The first-order valence-corrected chi connectivity index (χ1v) is 11.9. The van der Waals surface area contributed by atoms with Gasteiger partial charge in [-0.15, -0.1) is 0 Å². The van der Waals surface area contributed by atoms with E-state index in [2.05, 4.69) is 12.2 Å². The van der Waals surface area contributed by atoms with Crippen LogP contribution in [0.5, 0.6) is 0 Å². The molecule has 1 atom stereocenters. The number of aryl methyl sites for hydroxylation is 1. The van der Waals surface area contributed by atoms with E-state index in [1.165, 1.54) is 11.4 Å². The number of hydrogen-bond acceptors (Lipinski definition) is 5. The second-order valence-electron chi connectivity index (χ2n) is 6.18. The third-order valence-corrected chi connectivity index (χ3v) is 6.65. The van der Waals surface area contributed by atoms with E-state index in [0.29, 0.717) is 0 Å². The van der Waals surface area contributed by atoms with E-state index in [9.17, 15) is 9.69 Å². The smallest absolute Gasteiger partial charge is 0.407 e. The van der Waals surface area contributed by atoms with Crippen molar-refractivity contribution in [2.24, 2.45) is 0 Å². The monoisotopic (exact) mass is 391 g/mol. The molecule has 2 N–H and O–H groups in total. The Hall–Kier alpha value is -0.590. The lowest BCUT2D eigenvalue weighted by Gasteiger charge is -2.20. The molecule has 1 unspecified atom stereocenters. The maximum absolute atomic E-state index is 11.5. The minimum atomic E-state index is -3.01. The Morgan fingerprint density at radius 3 is 2.67 bits per heavy atom. The van der Waals surface area contributed by atoms with Gasteiger partial charge in [0.15, 0.2) is 0 Å². The number of carbonyl (C=O) groups excluding carboxylic acids is 1. The average Bonchev–Trinajstić information content (AvgIpc) is 2.44. The highest BCUT2D eigenvalue weighted by molar-refractivity contribution is 8.67. The maximum Gasteiger partial charge on any atom is 0.407 e. The van der Waals surface area contributed by atoms with Crippen LogP contribution < -0.4 is 5.32 Å². The molecule has 0 fully saturated rings. The van der Waals surface area contributed by atoms with E-state index in [1.54, 1.807) is 20.8 Å². The van der Waals surface area contributed by atoms with Crippen molar-refractivity contribution in [1.29, 1.82) is 0 Å². The van der Waals surface area contributed by atoms with Gasteiger partial charge in [0, 0.05) is 11.4 Å². The van der Waals surface area contributed by atoms with E-state index >= 15 is 0 Å². The zero-order chi connectivity index (χ0) is 18.2. The van der Waals surface area contributed by atoms with Crippen LogP contribution in [-0.2, 0) is 27.5 Å². The molecule has 1 aromatic carbocycles. The van der Waals surface area contributed by atoms with Crippen molar-refractivity contribution in [1.82, 2.24) is 5.32 Å². The first-order valence-electron chi connectivity index (χ1n) is 7.84. The summed E-state index contributed by atoms with van der Waals surface area (Å²) in [5, 5.41) is 2.57. The van der Waals surface area contributed by atoms with Crippen molar-refractivity contribution in [2.45, 2.75) is 51.0 Å². The van der Waals surface area contributed by atoms with Crippen molar-refractivity contribution in [2.75, 3.05) is 13.2 Å². The molecule has 1 amide bonds. The fourth-order valence-electron chi connectivity index (χ4n) is 1.85. The minimum absolute atomic E-state index is 0.135. The Bertz CT molecular complexity index is 590. The summed E-state index contributed by atoms with van der Waals surface area (Å²) in [5.41, 5.74) is -2.40. The lowest BCUT2D eigenvalue weighted by molar-refractivity contribution is 0.0520. The van der Waals surface area contributed by atoms with Crippen molar-refractivity contribution >= 4 is 35.0 Å². The Labute approximate surface area is 153 Å². The lowest BCUT2D eigenvalue weighted by Crippen LogP contribution is -2.34. The molecule has 5 nitrogen and oxygen atoms in total. The number of nitrogens with one attached hydrogen (secondary N) is 1. The Balaban J connectivity index is 2.45. The molecular formula is C16H26NO4PS2. The predicted molar refractivity (Wildman–Crippen MR) is 103 cm³/mol. The molecule has 0 spiro atoms. The highest BCUT2D eigenvalue weighted by Gasteiger charge is 2.19. The molecule has 1 aromatic rings. The largest absolute Gasteiger partial charge is 0.444 e. The summed E-state index contributed by atoms with van der Waals surface area (Å²) < 4.78 is 10.5. The van der Waals surface area contributed by atoms with Crippen LogP contribution in [0, 0.1) is 0 Å². The molecule has 0 bridgehead atoms. The topological polar surface area (TPSA) is 67.8 Å². The van der Waals surface area contributed by atoms with Gasteiger partial charge in [-0.05, 0) is 62.0 Å². The van der Waals surface area contributed by atoms with Gasteiger partial charge in [0.05, 0.1) is 6.61 Å². The Morgan fingerprint density at radius 2 is 2.04 bits per heavy atom. The zero-order valence-electron chi connectivity index (χ0n) is 14.6. The van der Waals surface area contributed by atoms with Crippen LogP contribution in [0.4, 0.5) is 4.79 Å². The molecule has 1 rings (SSSR count). The molecule has 0 aromatic heterocycles. The number of alkyl carbamates (subject to hydrolysis) is 1. The number of carbonyl (C=O) groups is 1. The number of ether oxygens (including phenoxy) is 1. The van der Waals surface area contributed by atoms with Crippen LogP contribution >= 0.6 is 17.1 Å². The third kappa shape index (κ3) is 9.04. The van der Waals surface area contributed by atoms with Gasteiger partial charge in [-0.2, -0.15) is 0 Å². The van der Waals surface area contributed by atoms with Crippen molar-refractivity contribution in [3.63, 3.8) is 0 Å². The lowest BCUT2D eigenvalue weighted by atomic mass is 10.1. The van der Waals surface area contributed by atoms with E-state index in [1.807, 2.05) is 24.3 Å². The number of benzene rings is 1. The van der Waals surface area contributed by atoms with Gasteiger partial charge in [-0.25, -0.2) is 4.79 Å². The molecule has 0 aliphatic carbocycles. The minimum Gasteiger partial charge on any atom is -0.444 e. The van der Waals surface area contributed by atoms with E-state index in [-0.39, 0.29) is 13.2 Å². The van der Waals surface area contributed by atoms with Gasteiger partial charge in [-0.3, -0.25) is 0 Å². The Morgan fingerprint density at radius 1 is 1.38 bits per heavy atom. The zero-order valence-corrected chi connectivity index (χ0v) is 17.1. The van der Waals surface area contributed by atoms with E-state index in [0.717, 1.165) is 23.3 Å². The van der Waals surface area contributed by atoms with Gasteiger partial charge < -0.3 is 19.5 Å². The molecule has 0 heterocycles. The fourth-order valence-corrected chi connectivity index (χ4v) is 5.51. The average molecular weight is 391 g/mol. The fraction of sp³-hybridized carbons (Fsp3) is 0.562. The summed E-state index contributed by atoms with van der Waals surface area (Å²) in [5.74, 6) is 0. The first kappa shape index (κ1) is 21.5. The third-order valence-electron chi connectivity index (χ3n) is 2.73. The van der Waals surface area contributed by atoms with Gasteiger partial charge in [0.1, 0.15) is 5.60 Å². The summed E-state index contributed by atoms with van der Waals surface area (Å²) >= 11 is 6.40. The summed E-state index contributed by atoms with van der Waals surface area (Å²) in [4.78, 5) is 22.8. The van der Waals surface area contributed by atoms with Crippen LogP contribution in [0.2, 0.25) is 0 Å². The molecule has 0 aliphatic rings. The van der Waals surface area contributed by atoms with Crippen molar-refractivity contribution < 1.29 is 18.9 Å². The van der Waals surface area contributed by atoms with Crippen LogP contribution in [-0.4, -0.2) is 29.7 Å². The van der Waals surface area contributed by atoms with Crippen LogP contribution in [0.1, 0.15) is 39.7 Å². The predicted octanol–water partition coefficient (Wildman–Crippen LogP) is 4.49. The molecule has 24 heavy (non-hydrogen) atoms. The maximum atomic E-state index is 11.5. The summed E-state index contributed by atoms with van der Waals surface area (Å²) in [6.07, 6.45) is 1.43. The summed E-state index contributed by atoms with van der Waals surface area (Å²) in [6, 6.07) is 7.86. The van der Waals surface area contributed by atoms with Gasteiger partial charge in [-0.1, -0.05) is 31.5 Å². The number of rotatable bonds is 8. The number of amides is 1. The summed E-state index contributed by atoms with van der Waals surface area (Å²) in [6.45, 7) is 7.85. The quantitative estimate of drug-likeness (QED) is 0.503. The van der Waals surface area contributed by atoms with E-state index in [4.69, 9.17) is 21.1 Å². The molecule has 0 radical (unpaired) electrons. The first-order chi connectivity index (χ1) is 11.1. The van der Waals surface area contributed by atoms with E-state index < -0.39 is 17.4 Å². The van der Waals surface area contributed by atoms with Crippen LogP contribution in [0.25, 0.3) is 0 Å².